The van der Waals surface area contributed by atoms with Crippen molar-refractivity contribution in [2.75, 3.05) is 37.4 Å². The van der Waals surface area contributed by atoms with Gasteiger partial charge in [-0.05, 0) is 20.3 Å². The van der Waals surface area contributed by atoms with Gasteiger partial charge < -0.3 is 15.2 Å². The van der Waals surface area contributed by atoms with Crippen molar-refractivity contribution in [1.29, 1.82) is 0 Å². The summed E-state index contributed by atoms with van der Waals surface area (Å²) in [5.41, 5.74) is 5.83. The predicted octanol–water partition coefficient (Wildman–Crippen LogP) is 5.21. The van der Waals surface area contributed by atoms with E-state index in [0.717, 1.165) is 31.2 Å². The van der Waals surface area contributed by atoms with E-state index >= 15 is 0 Å². The molecule has 0 aliphatic heterocycles. The van der Waals surface area contributed by atoms with Gasteiger partial charge in [0.25, 0.3) is 0 Å². The monoisotopic (exact) mass is 805 g/mol. The van der Waals surface area contributed by atoms with Crippen molar-refractivity contribution in [3.63, 3.8) is 0 Å². The van der Waals surface area contributed by atoms with Crippen LogP contribution in [0.15, 0.2) is 91.0 Å². The van der Waals surface area contributed by atoms with Crippen LogP contribution in [-0.2, 0) is 28.7 Å². The van der Waals surface area contributed by atoms with Gasteiger partial charge >= 0.3 is 249 Å². The fraction of sp³-hybridized carbons (Fsp3) is 0.405. The van der Waals surface area contributed by atoms with Crippen molar-refractivity contribution in [3.05, 3.63) is 91.0 Å². The first-order valence-corrected chi connectivity index (χ1v) is 23.9. The Morgan fingerprint density at radius 3 is 1.84 bits per heavy atom. The fourth-order valence-electron chi connectivity index (χ4n) is 5.57. The summed E-state index contributed by atoms with van der Waals surface area (Å²) >= 11 is 4.51. The van der Waals surface area contributed by atoms with Crippen LogP contribution in [0.4, 0.5) is 0 Å². The molecular formula is C37H49BrN3O6PS2. The molecule has 3 aromatic rings. The maximum atomic E-state index is 12.9. The first-order valence-electron chi connectivity index (χ1n) is 16.9. The molecule has 13 heteroatoms. The van der Waals surface area contributed by atoms with Gasteiger partial charge in [0.05, 0.1) is 13.2 Å². The number of nitrogens with two attached hydrogens (primary N) is 1. The van der Waals surface area contributed by atoms with E-state index in [1.165, 1.54) is 26.7 Å². The Hall–Kier alpha value is -2.89. The third-order valence-electron chi connectivity index (χ3n) is 8.14. The Morgan fingerprint density at radius 2 is 1.32 bits per heavy atom. The van der Waals surface area contributed by atoms with Crippen LogP contribution in [-0.4, -0.2) is 73.3 Å². The van der Waals surface area contributed by atoms with Gasteiger partial charge in [0, 0.05) is 0 Å². The Bertz CT molecular complexity index is 1410. The second kappa shape index (κ2) is 21.5. The summed E-state index contributed by atoms with van der Waals surface area (Å²) in [4.78, 5) is 49.3. The quantitative estimate of drug-likeness (QED) is 0.0541. The van der Waals surface area contributed by atoms with Gasteiger partial charge in [0.1, 0.15) is 6.04 Å². The second-order valence-corrected chi connectivity index (χ2v) is 23.3. The topological polar surface area (TPSA) is 137 Å². The summed E-state index contributed by atoms with van der Waals surface area (Å²) in [6.07, 6.45) is 4.01. The summed E-state index contributed by atoms with van der Waals surface area (Å²) in [7, 11) is 3.13. The SMILES string of the molecule is CCOC(=O)CNC(=O)C(CSSCCCCCP(Br)(c1ccccc1)(c1ccccc1)c1ccccc1)NC(=O)CCC(N)C(=O)OCC. The van der Waals surface area contributed by atoms with Gasteiger partial charge in [0.15, 0.2) is 0 Å². The molecule has 272 valence electrons. The molecule has 9 nitrogen and oxygen atoms in total. The molecule has 0 radical (unpaired) electrons. The molecule has 0 aliphatic rings. The van der Waals surface area contributed by atoms with E-state index in [-0.39, 0.29) is 32.6 Å². The van der Waals surface area contributed by atoms with Crippen molar-refractivity contribution in [2.45, 2.75) is 58.0 Å². The van der Waals surface area contributed by atoms with E-state index in [9.17, 15) is 19.2 Å². The number of halogens is 1. The maximum absolute atomic E-state index is 12.9. The smallest absolute Gasteiger partial charge is 0.465 e. The number of hydrogen-bond donors (Lipinski definition) is 3. The number of rotatable bonds is 22. The van der Waals surface area contributed by atoms with Crippen LogP contribution in [0.25, 0.3) is 0 Å². The number of amides is 2. The number of esters is 2. The normalized spacial score (nSPS) is 13.2. The molecule has 3 aromatic carbocycles. The minimum Gasteiger partial charge on any atom is -0.465 e. The first kappa shape index (κ1) is 41.5. The van der Waals surface area contributed by atoms with Crippen LogP contribution in [0.2, 0.25) is 0 Å². The van der Waals surface area contributed by atoms with E-state index in [2.05, 4.69) is 117 Å². The minimum absolute atomic E-state index is 0.0485. The molecule has 0 fully saturated rings. The van der Waals surface area contributed by atoms with Crippen molar-refractivity contribution in [2.24, 2.45) is 5.73 Å². The number of carbonyl (C=O) groups is 4. The van der Waals surface area contributed by atoms with Crippen LogP contribution in [0.1, 0.15) is 46.0 Å². The van der Waals surface area contributed by atoms with Crippen LogP contribution in [0, 0.1) is 0 Å². The first-order chi connectivity index (χ1) is 24.1. The summed E-state index contributed by atoms with van der Waals surface area (Å²) < 4.78 is 9.80. The predicted molar refractivity (Wildman–Crippen MR) is 213 cm³/mol. The number of carbonyl (C=O) groups excluding carboxylic acids is 4. The second-order valence-electron chi connectivity index (χ2n) is 11.6. The van der Waals surface area contributed by atoms with E-state index < -0.39 is 41.1 Å². The third-order valence-corrected chi connectivity index (χ3v) is 20.7. The van der Waals surface area contributed by atoms with Gasteiger partial charge in [-0.25, -0.2) is 0 Å². The average molecular weight is 807 g/mol. The molecule has 0 aromatic heterocycles. The zero-order chi connectivity index (χ0) is 36.3. The van der Waals surface area contributed by atoms with E-state index in [1.807, 2.05) is 0 Å². The molecule has 0 aliphatic carbocycles. The van der Waals surface area contributed by atoms with Gasteiger partial charge in [-0.15, -0.1) is 0 Å². The zero-order valence-corrected chi connectivity index (χ0v) is 32.9. The summed E-state index contributed by atoms with van der Waals surface area (Å²) in [6.45, 7) is 3.47. The molecule has 3 rings (SSSR count). The Morgan fingerprint density at radius 1 is 0.780 bits per heavy atom. The van der Waals surface area contributed by atoms with Crippen molar-refractivity contribution in [1.82, 2.24) is 10.6 Å². The molecule has 2 unspecified atom stereocenters. The summed E-state index contributed by atoms with van der Waals surface area (Å²) in [5, 5.41) is 6.24. The van der Waals surface area contributed by atoms with Gasteiger partial charge in [-0.3, -0.25) is 9.59 Å². The molecule has 2 amide bonds. The molecule has 0 bridgehead atoms. The fourth-order valence-corrected chi connectivity index (χ4v) is 15.6. The zero-order valence-electron chi connectivity index (χ0n) is 28.8. The number of nitrogens with one attached hydrogen (secondary N) is 2. The van der Waals surface area contributed by atoms with Gasteiger partial charge in [-0.1, -0.05) is 0 Å². The standard InChI is InChI=1S/C37H49BrN3O6PS2/c1-3-46-35(43)27-40-36(44)33(41-34(42)24-23-32(39)37(45)47-4-2)28-50-49-26-16-8-15-25-48(38,29-17-9-5-10-18-29,30-19-11-6-12-20-30)31-21-13-7-14-22-31/h5-7,9-14,17-22,32-33H,3-4,8,15-16,23-28,39H2,1-2H3,(H,40,44)(H,41,42). The number of ether oxygens (including phenoxy) is 2. The van der Waals surface area contributed by atoms with Crippen LogP contribution >= 0.6 is 42.4 Å². The number of hydrogen-bond acceptors (Lipinski definition) is 9. The summed E-state index contributed by atoms with van der Waals surface area (Å²) in [6, 6.07) is 30.5. The molecule has 0 spiro atoms. The molecule has 50 heavy (non-hydrogen) atoms. The van der Waals surface area contributed by atoms with Crippen LogP contribution in [0.5, 0.6) is 0 Å². The van der Waals surface area contributed by atoms with Crippen LogP contribution < -0.4 is 32.3 Å². The molecule has 0 heterocycles. The molecule has 0 saturated carbocycles. The summed E-state index contributed by atoms with van der Waals surface area (Å²) in [5.74, 6) is -0.876. The Balaban J connectivity index is 1.58. The average Bonchev–Trinajstić information content (AvgIpc) is 3.14. The van der Waals surface area contributed by atoms with Gasteiger partial charge in [-0.2, -0.15) is 0 Å². The third kappa shape index (κ3) is 11.8. The number of unbranched alkanes of at least 4 members (excludes halogenated alkanes) is 2. The molecule has 0 saturated heterocycles. The van der Waals surface area contributed by atoms with E-state index in [1.54, 1.807) is 24.6 Å². The van der Waals surface area contributed by atoms with Crippen molar-refractivity contribution in [3.8, 4) is 0 Å². The molecule has 4 N–H and O–H groups in total. The molecule has 2 atom stereocenters. The van der Waals surface area contributed by atoms with E-state index in [4.69, 9.17) is 15.2 Å². The van der Waals surface area contributed by atoms with Crippen LogP contribution in [0.3, 0.4) is 0 Å². The molecular weight excluding hydrogens is 757 g/mol. The number of benzene rings is 3. The van der Waals surface area contributed by atoms with Gasteiger partial charge in [0.2, 0.25) is 0 Å². The van der Waals surface area contributed by atoms with E-state index in [0.29, 0.717) is 5.75 Å². The Kier molecular flexibility index (Phi) is 17.8. The van der Waals surface area contributed by atoms with Crippen molar-refractivity contribution < 1.29 is 28.7 Å². The van der Waals surface area contributed by atoms with Crippen molar-refractivity contribution >= 4 is 82.0 Å². The minimum atomic E-state index is -2.96. The Labute approximate surface area is 312 Å².